The Labute approximate surface area is 112 Å². The van der Waals surface area contributed by atoms with E-state index in [1.54, 1.807) is 0 Å². The Bertz CT molecular complexity index is 263. The molecule has 8 nitrogen and oxygen atoms in total. The van der Waals surface area contributed by atoms with Gasteiger partial charge in [-0.3, -0.25) is 0 Å². The summed E-state index contributed by atoms with van der Waals surface area (Å²) in [5.74, 6) is -0.935. The van der Waals surface area contributed by atoms with E-state index in [4.69, 9.17) is 34.6 Å². The number of aliphatic carboxylic acids is 1. The Morgan fingerprint density at radius 2 is 1.53 bits per heavy atom. The fraction of sp³-hybridized carbons (Fsp3) is 0.700. The highest BCUT2D eigenvalue weighted by Crippen LogP contribution is 2.25. The number of carboxylic acids is 1. The molecular formula is C10H23O8P. The molecule has 0 aliphatic heterocycles. The van der Waals surface area contributed by atoms with Crippen molar-refractivity contribution in [3.63, 3.8) is 0 Å². The second kappa shape index (κ2) is 13.7. The molecule has 0 aromatic heterocycles. The summed E-state index contributed by atoms with van der Waals surface area (Å²) >= 11 is 0. The molecular weight excluding hydrogens is 279 g/mol. The van der Waals surface area contributed by atoms with Crippen LogP contribution in [-0.2, 0) is 9.36 Å². The summed E-state index contributed by atoms with van der Waals surface area (Å²) in [4.78, 5) is 31.2. The first kappa shape index (κ1) is 23.3. The molecule has 0 aliphatic carbocycles. The topological polar surface area (TPSA) is 156 Å². The van der Waals surface area contributed by atoms with E-state index < -0.39 is 20.1 Å². The summed E-state index contributed by atoms with van der Waals surface area (Å²) in [7, 11) is -4.64. The Morgan fingerprint density at radius 1 is 1.21 bits per heavy atom. The molecule has 0 aliphatic rings. The van der Waals surface area contributed by atoms with Crippen molar-refractivity contribution in [2.45, 2.75) is 45.8 Å². The largest absolute Gasteiger partial charge is 0.478 e. The second-order valence-electron chi connectivity index (χ2n) is 3.58. The van der Waals surface area contributed by atoms with Crippen LogP contribution in [-0.4, -0.2) is 42.3 Å². The zero-order valence-corrected chi connectivity index (χ0v) is 12.0. The summed E-state index contributed by atoms with van der Waals surface area (Å²) < 4.78 is 8.88. The minimum Gasteiger partial charge on any atom is -0.478 e. The molecule has 0 unspecified atom stereocenters. The fourth-order valence-electron chi connectivity index (χ4n) is 0.577. The number of hydrogen-bond acceptors (Lipinski definition) is 4. The van der Waals surface area contributed by atoms with Crippen molar-refractivity contribution in [3.8, 4) is 0 Å². The molecule has 0 bridgehead atoms. The van der Waals surface area contributed by atoms with Crippen molar-refractivity contribution >= 4 is 13.8 Å². The summed E-state index contributed by atoms with van der Waals surface area (Å²) in [5, 5.41) is 24.6. The van der Waals surface area contributed by atoms with Gasteiger partial charge in [0.1, 0.15) is 0 Å². The number of carboxylic acid groups (broad SMARTS) is 1. The van der Waals surface area contributed by atoms with Crippen LogP contribution in [0.4, 0.5) is 0 Å². The monoisotopic (exact) mass is 302 g/mol. The van der Waals surface area contributed by atoms with Crippen molar-refractivity contribution < 1.29 is 39.4 Å². The lowest BCUT2D eigenvalue weighted by Crippen LogP contribution is -2.02. The quantitative estimate of drug-likeness (QED) is 0.186. The molecule has 9 heteroatoms. The first-order chi connectivity index (χ1) is 8.41. The predicted molar refractivity (Wildman–Crippen MR) is 69.1 cm³/mol. The third kappa shape index (κ3) is 59.0. The predicted octanol–water partition coefficient (Wildman–Crippen LogP) is 0.596. The van der Waals surface area contributed by atoms with Crippen molar-refractivity contribution in [2.24, 2.45) is 0 Å². The lowest BCUT2D eigenvalue weighted by atomic mass is 10.2. The molecule has 0 saturated heterocycles. The Balaban J connectivity index is -0.000000209. The van der Waals surface area contributed by atoms with Gasteiger partial charge in [0.05, 0.1) is 0 Å². The average Bonchev–Trinajstić information content (AvgIpc) is 2.15. The molecule has 0 spiro atoms. The summed E-state index contributed by atoms with van der Waals surface area (Å²) in [6.07, 6.45) is 2.58. The van der Waals surface area contributed by atoms with E-state index in [1.807, 2.05) is 0 Å². The molecule has 0 rings (SSSR count). The lowest BCUT2D eigenvalue weighted by Gasteiger charge is -1.99. The first-order valence-electron chi connectivity index (χ1n) is 5.45. The number of aliphatic hydroxyl groups is 2. The maximum atomic E-state index is 9.60. The van der Waals surface area contributed by atoms with Gasteiger partial charge in [-0.2, -0.15) is 0 Å². The lowest BCUT2D eigenvalue weighted by molar-refractivity contribution is -0.132. The van der Waals surface area contributed by atoms with Crippen LogP contribution in [0.1, 0.15) is 39.5 Å². The minimum atomic E-state index is -4.64. The third-order valence-corrected chi connectivity index (χ3v) is 1.43. The fourth-order valence-corrected chi connectivity index (χ4v) is 0.577. The van der Waals surface area contributed by atoms with Gasteiger partial charge < -0.3 is 30.0 Å². The molecule has 0 amide bonds. The van der Waals surface area contributed by atoms with Gasteiger partial charge in [0.15, 0.2) is 6.29 Å². The van der Waals surface area contributed by atoms with Crippen LogP contribution in [0.3, 0.4) is 0 Å². The third-order valence-electron chi connectivity index (χ3n) is 1.43. The molecule has 0 fully saturated rings. The van der Waals surface area contributed by atoms with Crippen LogP contribution in [0.25, 0.3) is 0 Å². The van der Waals surface area contributed by atoms with Gasteiger partial charge in [-0.1, -0.05) is 26.3 Å². The van der Waals surface area contributed by atoms with Crippen LogP contribution in [0, 0.1) is 0 Å². The average molecular weight is 302 g/mol. The molecule has 0 atom stereocenters. The van der Waals surface area contributed by atoms with Crippen molar-refractivity contribution in [2.75, 3.05) is 0 Å². The molecule has 0 aromatic rings. The van der Waals surface area contributed by atoms with E-state index in [2.05, 4.69) is 13.5 Å². The van der Waals surface area contributed by atoms with E-state index in [9.17, 15) is 4.79 Å². The summed E-state index contributed by atoms with van der Waals surface area (Å²) in [5.41, 5.74) is 0.176. The van der Waals surface area contributed by atoms with Crippen LogP contribution >= 0.6 is 7.82 Å². The van der Waals surface area contributed by atoms with Gasteiger partial charge >= 0.3 is 13.8 Å². The first-order valence-corrected chi connectivity index (χ1v) is 7.01. The van der Waals surface area contributed by atoms with Gasteiger partial charge in [-0.15, -0.1) is 0 Å². The molecule has 0 saturated carbocycles. The van der Waals surface area contributed by atoms with Crippen molar-refractivity contribution in [1.29, 1.82) is 0 Å². The van der Waals surface area contributed by atoms with E-state index in [0.29, 0.717) is 6.42 Å². The van der Waals surface area contributed by atoms with Crippen molar-refractivity contribution in [1.82, 2.24) is 0 Å². The normalized spacial score (nSPS) is 9.89. The van der Waals surface area contributed by atoms with Crippen LogP contribution in [0.5, 0.6) is 0 Å². The zero-order chi connectivity index (χ0) is 16.1. The second-order valence-corrected chi connectivity index (χ2v) is 4.60. The van der Waals surface area contributed by atoms with Gasteiger partial charge in [0.2, 0.25) is 0 Å². The molecule has 6 N–H and O–H groups in total. The minimum absolute atomic E-state index is 0.176. The smallest absolute Gasteiger partial charge is 0.466 e. The Hall–Kier alpha value is -0.760. The van der Waals surface area contributed by atoms with Crippen LogP contribution < -0.4 is 0 Å². The number of hydrogen-bond donors (Lipinski definition) is 6. The maximum absolute atomic E-state index is 9.60. The van der Waals surface area contributed by atoms with Crippen LogP contribution in [0.2, 0.25) is 0 Å². The van der Waals surface area contributed by atoms with Gasteiger partial charge in [0.25, 0.3) is 0 Å². The van der Waals surface area contributed by atoms with Gasteiger partial charge in [-0.05, 0) is 19.8 Å². The van der Waals surface area contributed by atoms with E-state index in [-0.39, 0.29) is 5.57 Å². The highest BCUT2D eigenvalue weighted by atomic mass is 31.2. The van der Waals surface area contributed by atoms with Gasteiger partial charge in [0, 0.05) is 5.57 Å². The number of rotatable bonds is 5. The number of unbranched alkanes of at least 4 members (excludes halogenated alkanes) is 2. The summed E-state index contributed by atoms with van der Waals surface area (Å²) in [6, 6.07) is 0. The highest BCUT2D eigenvalue weighted by molar-refractivity contribution is 7.45. The molecule has 0 radical (unpaired) electrons. The standard InChI is InChI=1S/C6H14O2.C4H6O2.H3O4P/c1-2-3-4-5-6(7)8;1-3(2)4(5)6;1-5(2,3)4/h6-8H,2-5H2,1H3;1H2,2H3,(H,5,6);(H3,1,2,3,4). The molecule has 0 aromatic carbocycles. The maximum Gasteiger partial charge on any atom is 0.466 e. The number of carbonyl (C=O) groups is 1. The Kier molecular flexibility index (Phi) is 16.8. The number of phosphoric acid groups is 1. The van der Waals surface area contributed by atoms with E-state index in [1.165, 1.54) is 6.92 Å². The van der Waals surface area contributed by atoms with Crippen molar-refractivity contribution in [3.05, 3.63) is 12.2 Å². The number of aliphatic hydroxyl groups excluding tert-OH is 1. The Morgan fingerprint density at radius 3 is 1.68 bits per heavy atom. The van der Waals surface area contributed by atoms with Crippen LogP contribution in [0.15, 0.2) is 12.2 Å². The van der Waals surface area contributed by atoms with E-state index >= 15 is 0 Å². The summed E-state index contributed by atoms with van der Waals surface area (Å²) in [6.45, 7) is 6.69. The molecule has 19 heavy (non-hydrogen) atoms. The van der Waals surface area contributed by atoms with Gasteiger partial charge in [-0.25, -0.2) is 9.36 Å². The molecule has 0 heterocycles. The van der Waals surface area contributed by atoms with E-state index in [0.717, 1.165) is 19.3 Å². The zero-order valence-electron chi connectivity index (χ0n) is 11.1. The highest BCUT2D eigenvalue weighted by Gasteiger charge is 2.00. The SMILES string of the molecule is C=C(C)C(=O)O.CCCCCC(O)O.O=P(O)(O)O. The molecule has 116 valence electrons.